The fourth-order valence-corrected chi connectivity index (χ4v) is 2.06. The lowest BCUT2D eigenvalue weighted by Gasteiger charge is -2.06. The molecule has 2 aromatic rings. The van der Waals surface area contributed by atoms with E-state index in [0.717, 1.165) is 15.6 Å². The summed E-state index contributed by atoms with van der Waals surface area (Å²) in [6.45, 7) is 1.36. The Labute approximate surface area is 146 Å². The molecule has 0 spiro atoms. The topological polar surface area (TPSA) is 93.8 Å². The van der Waals surface area contributed by atoms with Crippen LogP contribution in [0.1, 0.15) is 11.1 Å². The molecule has 0 fully saturated rings. The largest absolute Gasteiger partial charge is 0.477 e. The Bertz CT molecular complexity index is 775. The van der Waals surface area contributed by atoms with Gasteiger partial charge in [-0.25, -0.2) is 5.43 Å². The van der Waals surface area contributed by atoms with Crippen LogP contribution in [0, 0.1) is 17.0 Å². The molecule has 0 radical (unpaired) electrons. The second-order valence-electron chi connectivity index (χ2n) is 4.86. The number of benzene rings is 2. The predicted octanol–water partition coefficient (Wildman–Crippen LogP) is 3.19. The zero-order valence-corrected chi connectivity index (χ0v) is 14.3. The van der Waals surface area contributed by atoms with Gasteiger partial charge in [0.25, 0.3) is 5.91 Å². The van der Waals surface area contributed by atoms with Crippen LogP contribution in [0.3, 0.4) is 0 Å². The first-order valence-electron chi connectivity index (χ1n) is 6.91. The van der Waals surface area contributed by atoms with Gasteiger partial charge in [0.05, 0.1) is 11.1 Å². The molecule has 8 heteroatoms. The number of rotatable bonds is 6. The molecule has 0 aliphatic carbocycles. The number of carbonyl (C=O) groups excluding carboxylic acids is 1. The van der Waals surface area contributed by atoms with Crippen molar-refractivity contribution >= 4 is 33.7 Å². The first-order chi connectivity index (χ1) is 11.5. The highest BCUT2D eigenvalue weighted by molar-refractivity contribution is 9.10. The Morgan fingerprint density at radius 3 is 2.71 bits per heavy atom. The van der Waals surface area contributed by atoms with E-state index in [1.54, 1.807) is 13.0 Å². The van der Waals surface area contributed by atoms with Crippen molar-refractivity contribution in [1.82, 2.24) is 5.43 Å². The van der Waals surface area contributed by atoms with Gasteiger partial charge in [0, 0.05) is 10.5 Å². The van der Waals surface area contributed by atoms with Crippen LogP contribution in [-0.2, 0) is 4.79 Å². The van der Waals surface area contributed by atoms with E-state index in [0.29, 0.717) is 0 Å². The molecule has 2 aromatic carbocycles. The van der Waals surface area contributed by atoms with E-state index in [4.69, 9.17) is 4.74 Å². The molecule has 0 saturated heterocycles. The third kappa shape index (κ3) is 5.17. The third-order valence-electron chi connectivity index (χ3n) is 2.94. The van der Waals surface area contributed by atoms with Crippen molar-refractivity contribution in [1.29, 1.82) is 0 Å². The summed E-state index contributed by atoms with van der Waals surface area (Å²) in [5.74, 6) is -0.476. The molecular weight excluding hydrogens is 378 g/mol. The lowest BCUT2D eigenvalue weighted by atomic mass is 10.2. The Morgan fingerprint density at radius 1 is 1.33 bits per heavy atom. The first-order valence-corrected chi connectivity index (χ1v) is 7.70. The summed E-state index contributed by atoms with van der Waals surface area (Å²) < 4.78 is 6.14. The summed E-state index contributed by atoms with van der Waals surface area (Å²) in [5.41, 5.74) is 3.67. The van der Waals surface area contributed by atoms with Crippen molar-refractivity contribution in [2.75, 3.05) is 6.61 Å². The molecule has 0 bridgehead atoms. The number of amides is 1. The minimum absolute atomic E-state index is 0.0395. The van der Waals surface area contributed by atoms with Gasteiger partial charge in [-0.3, -0.25) is 14.9 Å². The normalized spacial score (nSPS) is 10.6. The van der Waals surface area contributed by atoms with Crippen molar-refractivity contribution in [3.8, 4) is 5.75 Å². The molecule has 124 valence electrons. The number of nitrogens with zero attached hydrogens (tertiary/aromatic N) is 2. The molecule has 0 heterocycles. The van der Waals surface area contributed by atoms with Crippen molar-refractivity contribution in [2.24, 2.45) is 5.10 Å². The maximum absolute atomic E-state index is 11.7. The van der Waals surface area contributed by atoms with E-state index in [2.05, 4.69) is 26.5 Å². The van der Waals surface area contributed by atoms with Crippen molar-refractivity contribution in [2.45, 2.75) is 6.92 Å². The molecule has 0 unspecified atom stereocenters. The van der Waals surface area contributed by atoms with Crippen LogP contribution in [0.2, 0.25) is 0 Å². The van der Waals surface area contributed by atoms with Gasteiger partial charge in [-0.1, -0.05) is 34.1 Å². The summed E-state index contributed by atoms with van der Waals surface area (Å²) in [6, 6.07) is 11.9. The van der Waals surface area contributed by atoms with Crippen LogP contribution in [0.5, 0.6) is 5.75 Å². The summed E-state index contributed by atoms with van der Waals surface area (Å²) >= 11 is 3.32. The zero-order chi connectivity index (χ0) is 17.5. The summed E-state index contributed by atoms with van der Waals surface area (Å²) in [4.78, 5) is 22.1. The van der Waals surface area contributed by atoms with Gasteiger partial charge in [-0.2, -0.15) is 5.10 Å². The standard InChI is InChI=1S/C16H14BrN3O4/c1-11-2-7-15(14(8-11)20(22)23)24-10-16(21)19-18-9-12-3-5-13(17)6-4-12/h2-9H,10H2,1H3,(H,19,21)/b18-9-. The molecule has 7 nitrogen and oxygen atoms in total. The van der Waals surface area contributed by atoms with E-state index in [1.165, 1.54) is 18.3 Å². The number of nitro benzene ring substituents is 1. The van der Waals surface area contributed by atoms with Crippen molar-refractivity contribution in [3.63, 3.8) is 0 Å². The maximum Gasteiger partial charge on any atom is 0.311 e. The molecule has 2 rings (SSSR count). The number of hydrogen-bond donors (Lipinski definition) is 1. The fourth-order valence-electron chi connectivity index (χ4n) is 1.80. The number of nitrogens with one attached hydrogen (secondary N) is 1. The lowest BCUT2D eigenvalue weighted by Crippen LogP contribution is -2.24. The van der Waals surface area contributed by atoms with Crippen molar-refractivity contribution < 1.29 is 14.5 Å². The number of hydrogen-bond acceptors (Lipinski definition) is 5. The quantitative estimate of drug-likeness (QED) is 0.464. The van der Waals surface area contributed by atoms with Crippen LogP contribution in [0.15, 0.2) is 52.0 Å². The van der Waals surface area contributed by atoms with Crippen LogP contribution >= 0.6 is 15.9 Å². The molecule has 1 N–H and O–H groups in total. The van der Waals surface area contributed by atoms with Crippen LogP contribution in [0.4, 0.5) is 5.69 Å². The molecule has 0 aliphatic heterocycles. The summed E-state index contributed by atoms with van der Waals surface area (Å²) in [5, 5.41) is 14.8. The average molecular weight is 392 g/mol. The number of ether oxygens (including phenoxy) is 1. The van der Waals surface area contributed by atoms with Crippen molar-refractivity contribution in [3.05, 3.63) is 68.2 Å². The van der Waals surface area contributed by atoms with Crippen LogP contribution in [0.25, 0.3) is 0 Å². The van der Waals surface area contributed by atoms with Crippen LogP contribution in [-0.4, -0.2) is 23.7 Å². The van der Waals surface area contributed by atoms with E-state index in [-0.39, 0.29) is 18.0 Å². The van der Waals surface area contributed by atoms with E-state index in [1.807, 2.05) is 24.3 Å². The highest BCUT2D eigenvalue weighted by Crippen LogP contribution is 2.27. The predicted molar refractivity (Wildman–Crippen MR) is 93.2 cm³/mol. The number of hydrazone groups is 1. The number of halogens is 1. The highest BCUT2D eigenvalue weighted by Gasteiger charge is 2.16. The molecule has 0 saturated carbocycles. The summed E-state index contributed by atoms with van der Waals surface area (Å²) in [7, 11) is 0. The second-order valence-corrected chi connectivity index (χ2v) is 5.78. The third-order valence-corrected chi connectivity index (χ3v) is 3.47. The smallest absolute Gasteiger partial charge is 0.311 e. The van der Waals surface area contributed by atoms with Gasteiger partial charge < -0.3 is 4.74 Å². The van der Waals surface area contributed by atoms with Gasteiger partial charge >= 0.3 is 5.69 Å². The molecule has 0 atom stereocenters. The molecular formula is C16H14BrN3O4. The van der Waals surface area contributed by atoms with Gasteiger partial charge in [-0.05, 0) is 36.2 Å². The minimum atomic E-state index is -0.550. The van der Waals surface area contributed by atoms with E-state index in [9.17, 15) is 14.9 Å². The Hall–Kier alpha value is -2.74. The van der Waals surface area contributed by atoms with Gasteiger partial charge in [0.1, 0.15) is 0 Å². The van der Waals surface area contributed by atoms with E-state index >= 15 is 0 Å². The monoisotopic (exact) mass is 391 g/mol. The second kappa shape index (κ2) is 8.21. The number of carbonyl (C=O) groups is 1. The van der Waals surface area contributed by atoms with Gasteiger partial charge in [0.15, 0.2) is 12.4 Å². The molecule has 1 amide bonds. The maximum atomic E-state index is 11.7. The lowest BCUT2D eigenvalue weighted by molar-refractivity contribution is -0.385. The number of nitro groups is 1. The van der Waals surface area contributed by atoms with Crippen LogP contribution < -0.4 is 10.2 Å². The van der Waals surface area contributed by atoms with Gasteiger partial charge in [0.2, 0.25) is 0 Å². The molecule has 0 aliphatic rings. The molecule has 0 aromatic heterocycles. The zero-order valence-electron chi connectivity index (χ0n) is 12.7. The molecule has 24 heavy (non-hydrogen) atoms. The Morgan fingerprint density at radius 2 is 2.04 bits per heavy atom. The number of aryl methyl sites for hydroxylation is 1. The van der Waals surface area contributed by atoms with Gasteiger partial charge in [-0.15, -0.1) is 0 Å². The highest BCUT2D eigenvalue weighted by atomic mass is 79.9. The minimum Gasteiger partial charge on any atom is -0.477 e. The Balaban J connectivity index is 1.89. The SMILES string of the molecule is Cc1ccc(OCC(=O)N/N=C\c2ccc(Br)cc2)c([N+](=O)[O-])c1. The fraction of sp³-hybridized carbons (Fsp3) is 0.125. The first kappa shape index (κ1) is 17.6. The Kier molecular flexibility index (Phi) is 6.02. The average Bonchev–Trinajstić information content (AvgIpc) is 2.55. The summed E-state index contributed by atoms with van der Waals surface area (Å²) in [6.07, 6.45) is 1.48. The van der Waals surface area contributed by atoms with E-state index < -0.39 is 10.8 Å².